The Bertz CT molecular complexity index is 1030. The fourth-order valence-corrected chi connectivity index (χ4v) is 3.79. The molecular formula is C22H21N3S. The summed E-state index contributed by atoms with van der Waals surface area (Å²) < 4.78 is 1.22. The molecule has 3 aromatic carbocycles. The molecule has 3 nitrogen and oxygen atoms in total. The van der Waals surface area contributed by atoms with Crippen molar-refractivity contribution in [1.82, 2.24) is 4.98 Å². The van der Waals surface area contributed by atoms with Crippen molar-refractivity contribution in [2.45, 2.75) is 20.3 Å². The average molecular weight is 359 g/mol. The van der Waals surface area contributed by atoms with Crippen molar-refractivity contribution < 1.29 is 0 Å². The van der Waals surface area contributed by atoms with Gasteiger partial charge in [0.25, 0.3) is 0 Å². The molecule has 130 valence electrons. The van der Waals surface area contributed by atoms with Gasteiger partial charge in [0.15, 0.2) is 5.13 Å². The van der Waals surface area contributed by atoms with Gasteiger partial charge in [-0.05, 0) is 55.3 Å². The minimum absolute atomic E-state index is 0.909. The molecule has 4 rings (SSSR count). The van der Waals surface area contributed by atoms with Crippen LogP contribution >= 0.6 is 11.3 Å². The fourth-order valence-electron chi connectivity index (χ4n) is 2.85. The van der Waals surface area contributed by atoms with Crippen LogP contribution in [0.3, 0.4) is 0 Å². The van der Waals surface area contributed by atoms with E-state index < -0.39 is 0 Å². The van der Waals surface area contributed by atoms with Crippen LogP contribution in [0.25, 0.3) is 10.2 Å². The summed E-state index contributed by atoms with van der Waals surface area (Å²) >= 11 is 1.69. The minimum atomic E-state index is 0.909. The van der Waals surface area contributed by atoms with E-state index in [9.17, 15) is 0 Å². The zero-order valence-corrected chi connectivity index (χ0v) is 15.7. The summed E-state index contributed by atoms with van der Waals surface area (Å²) in [4.78, 5) is 4.72. The van der Waals surface area contributed by atoms with Crippen LogP contribution in [-0.2, 0) is 6.42 Å². The number of nitrogens with one attached hydrogen (secondary N) is 2. The highest BCUT2D eigenvalue weighted by molar-refractivity contribution is 7.22. The van der Waals surface area contributed by atoms with E-state index in [-0.39, 0.29) is 0 Å². The largest absolute Gasteiger partial charge is 0.354 e. The lowest BCUT2D eigenvalue weighted by Gasteiger charge is -2.12. The molecule has 0 spiro atoms. The summed E-state index contributed by atoms with van der Waals surface area (Å²) in [6, 6.07) is 23.1. The van der Waals surface area contributed by atoms with Crippen LogP contribution in [-0.4, -0.2) is 4.98 Å². The molecule has 0 aliphatic heterocycles. The van der Waals surface area contributed by atoms with Crippen LogP contribution in [0.5, 0.6) is 0 Å². The lowest BCUT2D eigenvalue weighted by molar-refractivity contribution is 1.15. The lowest BCUT2D eigenvalue weighted by Crippen LogP contribution is -1.97. The number of anilines is 4. The van der Waals surface area contributed by atoms with E-state index in [1.807, 2.05) is 12.1 Å². The molecule has 4 heteroatoms. The zero-order chi connectivity index (χ0) is 17.9. The minimum Gasteiger partial charge on any atom is -0.354 e. The molecule has 0 unspecified atom stereocenters. The molecule has 26 heavy (non-hydrogen) atoms. The Kier molecular flexibility index (Phi) is 4.59. The van der Waals surface area contributed by atoms with Crippen molar-refractivity contribution in [3.63, 3.8) is 0 Å². The van der Waals surface area contributed by atoms with Crippen molar-refractivity contribution in [3.8, 4) is 0 Å². The van der Waals surface area contributed by atoms with E-state index >= 15 is 0 Å². The van der Waals surface area contributed by atoms with Crippen molar-refractivity contribution in [2.24, 2.45) is 0 Å². The third kappa shape index (κ3) is 3.55. The van der Waals surface area contributed by atoms with Gasteiger partial charge in [0.2, 0.25) is 0 Å². The van der Waals surface area contributed by atoms with Gasteiger partial charge in [-0.3, -0.25) is 0 Å². The monoisotopic (exact) mass is 359 g/mol. The summed E-state index contributed by atoms with van der Waals surface area (Å²) in [7, 11) is 0. The number of fused-ring (bicyclic) bond motifs is 1. The van der Waals surface area contributed by atoms with E-state index in [1.54, 1.807) is 11.3 Å². The summed E-state index contributed by atoms with van der Waals surface area (Å²) in [5, 5.41) is 7.87. The molecule has 0 saturated heterocycles. The van der Waals surface area contributed by atoms with Crippen molar-refractivity contribution in [2.75, 3.05) is 10.6 Å². The summed E-state index contributed by atoms with van der Waals surface area (Å²) in [5.41, 5.74) is 6.75. The lowest BCUT2D eigenvalue weighted by atomic mass is 10.2. The van der Waals surface area contributed by atoms with E-state index in [0.717, 1.165) is 34.1 Å². The van der Waals surface area contributed by atoms with Crippen LogP contribution in [0.2, 0.25) is 0 Å². The maximum absolute atomic E-state index is 4.72. The Morgan fingerprint density at radius 1 is 0.885 bits per heavy atom. The van der Waals surface area contributed by atoms with Crippen LogP contribution < -0.4 is 10.6 Å². The van der Waals surface area contributed by atoms with E-state index in [2.05, 4.69) is 79.1 Å². The molecule has 0 bridgehead atoms. The van der Waals surface area contributed by atoms with E-state index in [4.69, 9.17) is 4.98 Å². The Hall–Kier alpha value is -2.85. The number of para-hydroxylation sites is 2. The predicted octanol–water partition coefficient (Wildman–Crippen LogP) is 6.65. The van der Waals surface area contributed by atoms with Gasteiger partial charge in [-0.25, -0.2) is 4.98 Å². The number of hydrogen-bond acceptors (Lipinski definition) is 4. The number of benzene rings is 3. The Morgan fingerprint density at radius 3 is 2.35 bits per heavy atom. The maximum atomic E-state index is 4.72. The Morgan fingerprint density at radius 2 is 1.62 bits per heavy atom. The second kappa shape index (κ2) is 7.18. The molecule has 0 fully saturated rings. The summed E-state index contributed by atoms with van der Waals surface area (Å²) in [5.74, 6) is 0. The molecule has 2 N–H and O–H groups in total. The van der Waals surface area contributed by atoms with Gasteiger partial charge >= 0.3 is 0 Å². The van der Waals surface area contributed by atoms with Gasteiger partial charge < -0.3 is 10.6 Å². The van der Waals surface area contributed by atoms with Crippen LogP contribution in [0.1, 0.15) is 18.1 Å². The van der Waals surface area contributed by atoms with Gasteiger partial charge in [-0.15, -0.1) is 0 Å². The second-order valence-corrected chi connectivity index (χ2v) is 7.37. The first-order valence-electron chi connectivity index (χ1n) is 8.80. The predicted molar refractivity (Wildman–Crippen MR) is 113 cm³/mol. The van der Waals surface area contributed by atoms with Crippen molar-refractivity contribution in [3.05, 3.63) is 77.9 Å². The smallest absolute Gasteiger partial charge is 0.188 e. The fraction of sp³-hybridized carbons (Fsp3) is 0.136. The number of hydrogen-bond donors (Lipinski definition) is 2. The normalized spacial score (nSPS) is 10.8. The molecule has 1 aromatic heterocycles. The van der Waals surface area contributed by atoms with Crippen LogP contribution in [0.4, 0.5) is 22.2 Å². The van der Waals surface area contributed by atoms with Crippen LogP contribution in [0.15, 0.2) is 66.7 Å². The highest BCUT2D eigenvalue weighted by atomic mass is 32.1. The molecule has 0 radical (unpaired) electrons. The standard InChI is InChI=1S/C22H21N3S/c1-3-16-10-13-20-21(14-16)26-22(25-20)24-19-7-5-4-6-18(19)23-17-11-8-15(2)9-12-17/h4-14,23H,3H2,1-2H3,(H,24,25). The first-order valence-corrected chi connectivity index (χ1v) is 9.62. The molecule has 0 saturated carbocycles. The maximum Gasteiger partial charge on any atom is 0.188 e. The summed E-state index contributed by atoms with van der Waals surface area (Å²) in [6.07, 6.45) is 1.04. The quantitative estimate of drug-likeness (QED) is 0.418. The highest BCUT2D eigenvalue weighted by Gasteiger charge is 2.08. The number of nitrogens with zero attached hydrogens (tertiary/aromatic N) is 1. The Labute approximate surface area is 157 Å². The molecule has 0 aliphatic carbocycles. The number of rotatable bonds is 5. The van der Waals surface area contributed by atoms with Gasteiger partial charge in [0.1, 0.15) is 0 Å². The number of aryl methyl sites for hydroxylation is 2. The molecule has 0 amide bonds. The average Bonchev–Trinajstić information content (AvgIpc) is 3.06. The van der Waals surface area contributed by atoms with Gasteiger partial charge in [0.05, 0.1) is 21.6 Å². The van der Waals surface area contributed by atoms with Gasteiger partial charge in [0, 0.05) is 5.69 Å². The van der Waals surface area contributed by atoms with E-state index in [1.165, 1.54) is 15.8 Å². The number of thiazole rings is 1. The zero-order valence-electron chi connectivity index (χ0n) is 14.9. The molecule has 1 heterocycles. The van der Waals surface area contributed by atoms with E-state index in [0.29, 0.717) is 0 Å². The molecule has 0 atom stereocenters. The van der Waals surface area contributed by atoms with Crippen molar-refractivity contribution in [1.29, 1.82) is 0 Å². The first-order chi connectivity index (χ1) is 12.7. The Balaban J connectivity index is 1.61. The third-order valence-corrected chi connectivity index (χ3v) is 5.29. The highest BCUT2D eigenvalue weighted by Crippen LogP contribution is 2.33. The van der Waals surface area contributed by atoms with Crippen LogP contribution in [0, 0.1) is 6.92 Å². The van der Waals surface area contributed by atoms with Crippen molar-refractivity contribution >= 4 is 43.7 Å². The molecule has 0 aliphatic rings. The van der Waals surface area contributed by atoms with Gasteiger partial charge in [-0.2, -0.15) is 0 Å². The third-order valence-electron chi connectivity index (χ3n) is 4.36. The van der Waals surface area contributed by atoms with Gasteiger partial charge in [-0.1, -0.05) is 54.2 Å². The first kappa shape index (κ1) is 16.6. The summed E-state index contributed by atoms with van der Waals surface area (Å²) in [6.45, 7) is 4.27. The SMILES string of the molecule is CCc1ccc2nc(Nc3ccccc3Nc3ccc(C)cc3)sc2c1. The molecular weight excluding hydrogens is 338 g/mol. The molecule has 4 aromatic rings. The second-order valence-electron chi connectivity index (χ2n) is 6.34. The topological polar surface area (TPSA) is 37.0 Å². The number of aromatic nitrogens is 1.